The Morgan fingerprint density at radius 2 is 1.67 bits per heavy atom. The minimum absolute atomic E-state index is 0.0664. The van der Waals surface area contributed by atoms with Gasteiger partial charge in [-0.05, 0) is 111 Å². The molecule has 4 aliphatic rings. The van der Waals surface area contributed by atoms with Gasteiger partial charge in [0, 0.05) is 0 Å². The fourth-order valence-corrected chi connectivity index (χ4v) is 10.6. The standard InChI is InChI=1S/C30H52O5S/c1-20(10-9-16-26(2,3)31)21-13-18-30(8)23-11-12-24-27(4,5)25(35-36(32,33)34)15-17-28(24,6)22(23)14-19-29(21,30)7/h20-21,24-25,31H,9-19H2,1-8H3,(H,32,33,34)/t20?,21-,24+,25+,28-,29-,30+/m1/s1. The molecule has 0 aromatic heterocycles. The van der Waals surface area contributed by atoms with Gasteiger partial charge in [0.1, 0.15) is 0 Å². The Morgan fingerprint density at radius 3 is 2.28 bits per heavy atom. The number of hydrogen-bond donors (Lipinski definition) is 2. The van der Waals surface area contributed by atoms with Crippen molar-refractivity contribution in [3.05, 3.63) is 11.1 Å². The first-order chi connectivity index (χ1) is 16.4. The summed E-state index contributed by atoms with van der Waals surface area (Å²) in [5, 5.41) is 10.2. The van der Waals surface area contributed by atoms with Gasteiger partial charge in [-0.1, -0.05) is 65.5 Å². The summed E-state index contributed by atoms with van der Waals surface area (Å²) in [5.74, 6) is 1.73. The normalized spacial score (nSPS) is 41.4. The van der Waals surface area contributed by atoms with Gasteiger partial charge in [-0.2, -0.15) is 8.42 Å². The summed E-state index contributed by atoms with van der Waals surface area (Å²) in [6.07, 6.45) is 11.4. The van der Waals surface area contributed by atoms with Crippen molar-refractivity contribution in [2.45, 2.75) is 138 Å². The van der Waals surface area contributed by atoms with Gasteiger partial charge in [0.25, 0.3) is 0 Å². The van der Waals surface area contributed by atoms with E-state index in [-0.39, 0.29) is 16.2 Å². The largest absolute Gasteiger partial charge is 0.397 e. The van der Waals surface area contributed by atoms with Crippen LogP contribution < -0.4 is 0 Å². The zero-order chi connectivity index (χ0) is 26.9. The summed E-state index contributed by atoms with van der Waals surface area (Å²) >= 11 is 0. The van der Waals surface area contributed by atoms with Crippen LogP contribution in [0.15, 0.2) is 11.1 Å². The fraction of sp³-hybridized carbons (Fsp3) is 0.933. The molecule has 4 aliphatic carbocycles. The van der Waals surface area contributed by atoms with Crippen molar-refractivity contribution in [1.82, 2.24) is 0 Å². The molecule has 0 aromatic rings. The zero-order valence-corrected chi connectivity index (χ0v) is 24.9. The molecule has 2 fully saturated rings. The molecule has 6 heteroatoms. The van der Waals surface area contributed by atoms with Crippen molar-refractivity contribution in [1.29, 1.82) is 0 Å². The number of allylic oxidation sites excluding steroid dienone is 2. The smallest absolute Gasteiger partial charge is 0.390 e. The summed E-state index contributed by atoms with van der Waals surface area (Å²) in [4.78, 5) is 0. The van der Waals surface area contributed by atoms with Gasteiger partial charge in [-0.3, -0.25) is 4.55 Å². The molecule has 0 aliphatic heterocycles. The summed E-state index contributed by atoms with van der Waals surface area (Å²) in [5.41, 5.74) is 3.11. The number of rotatable bonds is 7. The molecule has 0 bridgehead atoms. The van der Waals surface area contributed by atoms with Gasteiger partial charge in [0.2, 0.25) is 0 Å². The van der Waals surface area contributed by atoms with E-state index in [0.29, 0.717) is 23.7 Å². The van der Waals surface area contributed by atoms with Crippen molar-refractivity contribution in [3.8, 4) is 0 Å². The molecule has 2 saturated carbocycles. The van der Waals surface area contributed by atoms with E-state index in [2.05, 4.69) is 41.5 Å². The SMILES string of the molecule is CC(CCCC(C)(C)O)[C@H]1CC[C@@]2(C)C3=C(CC[C@]12C)[C@@]1(C)CC[C@H](OS(=O)(=O)O)C(C)(C)[C@@H]1CC3. The first-order valence-corrected chi connectivity index (χ1v) is 15.8. The lowest BCUT2D eigenvalue weighted by molar-refractivity contribution is -0.0862. The first-order valence-electron chi connectivity index (χ1n) is 14.5. The third-order valence-electron chi connectivity index (χ3n) is 12.1. The Kier molecular flexibility index (Phi) is 7.19. The predicted molar refractivity (Wildman–Crippen MR) is 145 cm³/mol. The molecule has 0 amide bonds. The molecule has 0 radical (unpaired) electrons. The van der Waals surface area contributed by atoms with E-state index in [1.54, 1.807) is 11.1 Å². The lowest BCUT2D eigenvalue weighted by atomic mass is 9.43. The van der Waals surface area contributed by atoms with E-state index in [1.807, 2.05) is 13.8 Å². The summed E-state index contributed by atoms with van der Waals surface area (Å²) in [6, 6.07) is 0. The van der Waals surface area contributed by atoms with Gasteiger partial charge >= 0.3 is 10.4 Å². The maximum absolute atomic E-state index is 11.6. The van der Waals surface area contributed by atoms with Gasteiger partial charge in [-0.15, -0.1) is 0 Å². The van der Waals surface area contributed by atoms with Crippen LogP contribution in [0.4, 0.5) is 0 Å². The maximum atomic E-state index is 11.6. The van der Waals surface area contributed by atoms with E-state index in [9.17, 15) is 18.1 Å². The quantitative estimate of drug-likeness (QED) is 0.266. The first kappa shape index (κ1) is 28.6. The third-order valence-corrected chi connectivity index (χ3v) is 12.6. The van der Waals surface area contributed by atoms with Crippen molar-refractivity contribution in [2.24, 2.45) is 39.4 Å². The van der Waals surface area contributed by atoms with E-state index in [0.717, 1.165) is 44.4 Å². The Bertz CT molecular complexity index is 991. The second-order valence-corrected chi connectivity index (χ2v) is 16.0. The molecule has 1 unspecified atom stereocenters. The summed E-state index contributed by atoms with van der Waals surface area (Å²) in [6.45, 7) is 18.2. The molecule has 0 heterocycles. The highest BCUT2D eigenvalue weighted by Crippen LogP contribution is 2.72. The molecule has 7 atom stereocenters. The monoisotopic (exact) mass is 524 g/mol. The Hall–Kier alpha value is -0.430. The van der Waals surface area contributed by atoms with Crippen LogP contribution in [-0.2, 0) is 14.6 Å². The van der Waals surface area contributed by atoms with Crippen molar-refractivity contribution < 1.29 is 22.3 Å². The van der Waals surface area contributed by atoms with E-state index < -0.39 is 22.1 Å². The van der Waals surface area contributed by atoms with E-state index >= 15 is 0 Å². The molecular weight excluding hydrogens is 472 g/mol. The van der Waals surface area contributed by atoms with Crippen molar-refractivity contribution >= 4 is 10.4 Å². The van der Waals surface area contributed by atoms with Gasteiger partial charge in [-0.25, -0.2) is 4.18 Å². The molecule has 2 N–H and O–H groups in total. The molecule has 0 aromatic carbocycles. The highest BCUT2D eigenvalue weighted by atomic mass is 32.3. The van der Waals surface area contributed by atoms with Crippen LogP contribution in [-0.4, -0.2) is 29.8 Å². The molecular formula is C30H52O5S. The maximum Gasteiger partial charge on any atom is 0.397 e. The van der Waals surface area contributed by atoms with Gasteiger partial charge in [0.05, 0.1) is 11.7 Å². The average molecular weight is 525 g/mol. The Morgan fingerprint density at radius 1 is 1.00 bits per heavy atom. The molecule has 0 spiro atoms. The second-order valence-electron chi connectivity index (χ2n) is 14.9. The third kappa shape index (κ3) is 4.64. The summed E-state index contributed by atoms with van der Waals surface area (Å²) < 4.78 is 37.8. The van der Waals surface area contributed by atoms with Crippen LogP contribution in [0.1, 0.15) is 126 Å². The zero-order valence-electron chi connectivity index (χ0n) is 24.1. The van der Waals surface area contributed by atoms with Crippen LogP contribution in [0.25, 0.3) is 0 Å². The summed E-state index contributed by atoms with van der Waals surface area (Å²) in [7, 11) is -4.46. The van der Waals surface area contributed by atoms with Gasteiger partial charge < -0.3 is 5.11 Å². The Balaban J connectivity index is 1.60. The highest BCUT2D eigenvalue weighted by Gasteiger charge is 2.63. The molecule has 36 heavy (non-hydrogen) atoms. The van der Waals surface area contributed by atoms with Crippen molar-refractivity contribution in [3.63, 3.8) is 0 Å². The van der Waals surface area contributed by atoms with Crippen molar-refractivity contribution in [2.75, 3.05) is 0 Å². The number of fused-ring (bicyclic) bond motifs is 4. The van der Waals surface area contributed by atoms with Gasteiger partial charge in [0.15, 0.2) is 0 Å². The van der Waals surface area contributed by atoms with Crippen LogP contribution in [0.3, 0.4) is 0 Å². The van der Waals surface area contributed by atoms with Crippen LogP contribution in [0.5, 0.6) is 0 Å². The van der Waals surface area contributed by atoms with E-state index in [1.165, 1.54) is 25.7 Å². The minimum atomic E-state index is -4.46. The minimum Gasteiger partial charge on any atom is -0.390 e. The molecule has 0 saturated heterocycles. The van der Waals surface area contributed by atoms with Crippen LogP contribution in [0, 0.1) is 39.4 Å². The lowest BCUT2D eigenvalue weighted by Crippen LogP contribution is -2.55. The Labute approximate surface area is 220 Å². The fourth-order valence-electron chi connectivity index (χ4n) is 9.99. The van der Waals surface area contributed by atoms with Crippen LogP contribution in [0.2, 0.25) is 0 Å². The lowest BCUT2D eigenvalue weighted by Gasteiger charge is -2.62. The number of hydrogen-bond acceptors (Lipinski definition) is 4. The molecule has 4 rings (SSSR count). The molecule has 5 nitrogen and oxygen atoms in total. The topological polar surface area (TPSA) is 83.8 Å². The van der Waals surface area contributed by atoms with Crippen LogP contribution >= 0.6 is 0 Å². The van der Waals surface area contributed by atoms with E-state index in [4.69, 9.17) is 4.18 Å². The average Bonchev–Trinajstić information content (AvgIpc) is 3.00. The highest BCUT2D eigenvalue weighted by molar-refractivity contribution is 7.80. The number of aliphatic hydroxyl groups is 1. The second kappa shape index (κ2) is 9.06. The predicted octanol–water partition coefficient (Wildman–Crippen LogP) is 7.50. The molecule has 208 valence electrons.